The van der Waals surface area contributed by atoms with E-state index in [0.717, 1.165) is 44.5 Å². The number of aromatic nitrogens is 2. The standard InChI is InChI=1S/C20H16NO.C12H10N.Ir/c1-13(2)14-9-10-21-18(11-14)15-7-8-17-16-5-3-4-6-19(16)22-20(17)12-15;1-10-7-8-12(13-9-10)11-5-3-2-4-6-11;/h3-6,8-13H,1-2H3;2-5,7-9H,1H3;/q2*-1;/i;1D3;. The van der Waals surface area contributed by atoms with Crippen molar-refractivity contribution < 1.29 is 28.6 Å². The van der Waals surface area contributed by atoms with E-state index in [2.05, 4.69) is 54.1 Å². The molecule has 0 fully saturated rings. The van der Waals surface area contributed by atoms with E-state index in [9.17, 15) is 0 Å². The van der Waals surface area contributed by atoms with E-state index in [1.54, 1.807) is 18.2 Å². The van der Waals surface area contributed by atoms with Gasteiger partial charge in [0.25, 0.3) is 0 Å². The number of furan rings is 1. The molecule has 3 nitrogen and oxygen atoms in total. The van der Waals surface area contributed by atoms with Crippen LogP contribution >= 0.6 is 0 Å². The topological polar surface area (TPSA) is 38.9 Å². The number of hydrogen-bond donors (Lipinski definition) is 0. The molecule has 0 bridgehead atoms. The molecule has 0 aliphatic carbocycles. The summed E-state index contributed by atoms with van der Waals surface area (Å²) in [4.78, 5) is 8.60. The SMILES string of the molecule is CC(C)c1ccnc(-c2[c-]cc3c(c2)oc2ccccc23)c1.[2H]C([2H])([2H])c1ccc(-c2[c-]cccc2)nc1.[Ir]. The normalized spacial score (nSPS) is 12.2. The first-order chi connectivity index (χ1) is 18.3. The molecule has 4 heteroatoms. The number of aryl methyl sites for hydroxylation is 1. The molecule has 0 N–H and O–H groups in total. The van der Waals surface area contributed by atoms with Gasteiger partial charge in [-0.3, -0.25) is 0 Å². The summed E-state index contributed by atoms with van der Waals surface area (Å²) < 4.78 is 27.6. The molecule has 1 radical (unpaired) electrons. The van der Waals surface area contributed by atoms with Gasteiger partial charge in [-0.15, -0.1) is 53.6 Å². The van der Waals surface area contributed by atoms with E-state index >= 15 is 0 Å². The van der Waals surface area contributed by atoms with E-state index in [0.29, 0.717) is 5.92 Å². The van der Waals surface area contributed by atoms with E-state index < -0.39 is 6.85 Å². The maximum Gasteiger partial charge on any atom is 0.123 e. The van der Waals surface area contributed by atoms with Gasteiger partial charge in [0, 0.05) is 36.6 Å². The maximum absolute atomic E-state index is 7.23. The zero-order valence-corrected chi connectivity index (χ0v) is 22.3. The van der Waals surface area contributed by atoms with Crippen molar-refractivity contribution in [3.05, 3.63) is 121 Å². The summed E-state index contributed by atoms with van der Waals surface area (Å²) in [7, 11) is 0. The first kappa shape index (κ1) is 21.7. The fourth-order valence-electron chi connectivity index (χ4n) is 3.87. The number of fused-ring (bicyclic) bond motifs is 3. The molecular weight excluding hydrogens is 621 g/mol. The number of hydrogen-bond acceptors (Lipinski definition) is 3. The third kappa shape index (κ3) is 5.62. The Labute approximate surface area is 229 Å². The van der Waals surface area contributed by atoms with Gasteiger partial charge in [0.15, 0.2) is 0 Å². The van der Waals surface area contributed by atoms with Crippen molar-refractivity contribution in [3.8, 4) is 22.5 Å². The minimum absolute atomic E-state index is 0. The van der Waals surface area contributed by atoms with Crippen LogP contribution in [0.25, 0.3) is 44.5 Å². The average Bonchev–Trinajstić information content (AvgIpc) is 3.31. The van der Waals surface area contributed by atoms with Crippen LogP contribution < -0.4 is 0 Å². The number of benzene rings is 3. The van der Waals surface area contributed by atoms with Crippen molar-refractivity contribution >= 4 is 21.9 Å². The van der Waals surface area contributed by atoms with Crippen molar-refractivity contribution in [1.82, 2.24) is 9.97 Å². The summed E-state index contributed by atoms with van der Waals surface area (Å²) in [5.41, 5.74) is 6.82. The third-order valence-electron chi connectivity index (χ3n) is 5.79. The zero-order chi connectivity index (χ0) is 26.7. The average molecular weight is 650 g/mol. The smallest absolute Gasteiger partial charge is 0.123 e. The molecule has 0 atom stereocenters. The van der Waals surface area contributed by atoms with Gasteiger partial charge < -0.3 is 14.4 Å². The van der Waals surface area contributed by atoms with Gasteiger partial charge in [-0.25, -0.2) is 0 Å². The molecule has 36 heavy (non-hydrogen) atoms. The van der Waals surface area contributed by atoms with Gasteiger partial charge in [-0.1, -0.05) is 67.3 Å². The van der Waals surface area contributed by atoms with E-state index in [4.69, 9.17) is 8.53 Å². The van der Waals surface area contributed by atoms with Crippen molar-refractivity contribution in [2.45, 2.75) is 26.6 Å². The number of rotatable bonds is 3. The van der Waals surface area contributed by atoms with Crippen LogP contribution in [0.5, 0.6) is 0 Å². The van der Waals surface area contributed by atoms with Crippen molar-refractivity contribution in [1.29, 1.82) is 0 Å². The second-order valence-electron chi connectivity index (χ2n) is 8.56. The molecule has 181 valence electrons. The Kier molecular flexibility index (Phi) is 6.88. The van der Waals surface area contributed by atoms with Gasteiger partial charge in [-0.2, -0.15) is 0 Å². The first-order valence-corrected chi connectivity index (χ1v) is 11.5. The Balaban J connectivity index is 0.000000186. The quantitative estimate of drug-likeness (QED) is 0.181. The molecule has 3 heterocycles. The summed E-state index contributed by atoms with van der Waals surface area (Å²) in [6.07, 6.45) is 3.25. The van der Waals surface area contributed by atoms with Crippen LogP contribution in [0.2, 0.25) is 0 Å². The summed E-state index contributed by atoms with van der Waals surface area (Å²) in [5, 5.41) is 2.23. The predicted molar refractivity (Wildman–Crippen MR) is 143 cm³/mol. The molecule has 6 aromatic rings. The van der Waals surface area contributed by atoms with Gasteiger partial charge in [0.1, 0.15) is 5.58 Å². The molecule has 6 rings (SSSR count). The second-order valence-corrected chi connectivity index (χ2v) is 8.56. The van der Waals surface area contributed by atoms with Crippen molar-refractivity contribution in [2.75, 3.05) is 0 Å². The van der Waals surface area contributed by atoms with Crippen molar-refractivity contribution in [3.63, 3.8) is 0 Å². The van der Waals surface area contributed by atoms with Gasteiger partial charge in [-0.05, 0) is 47.2 Å². The molecule has 0 spiro atoms. The molecule has 0 saturated heterocycles. The Hall–Kier alpha value is -3.59. The van der Waals surface area contributed by atoms with E-state index in [-0.39, 0.29) is 25.7 Å². The van der Waals surface area contributed by atoms with Crippen LogP contribution in [0, 0.1) is 19.0 Å². The van der Waals surface area contributed by atoms with Crippen LogP contribution in [0.4, 0.5) is 0 Å². The van der Waals surface area contributed by atoms with E-state index in [1.165, 1.54) is 11.8 Å². The molecule has 0 aliphatic rings. The Morgan fingerprint density at radius 1 is 0.806 bits per heavy atom. The van der Waals surface area contributed by atoms with Gasteiger partial charge in [0.2, 0.25) is 0 Å². The van der Waals surface area contributed by atoms with E-state index in [1.807, 2.05) is 54.7 Å². The molecule has 3 aromatic heterocycles. The van der Waals surface area contributed by atoms with Crippen LogP contribution in [0.3, 0.4) is 0 Å². The fraction of sp³-hybridized carbons (Fsp3) is 0.125. The maximum atomic E-state index is 7.23. The number of pyridine rings is 2. The van der Waals surface area contributed by atoms with Gasteiger partial charge >= 0.3 is 0 Å². The number of nitrogens with zero attached hydrogens (tertiary/aromatic N) is 2. The minimum atomic E-state index is -2.09. The Morgan fingerprint density at radius 2 is 1.67 bits per heavy atom. The van der Waals surface area contributed by atoms with Crippen LogP contribution in [-0.2, 0) is 20.1 Å². The molecule has 0 aliphatic heterocycles. The van der Waals surface area contributed by atoms with Crippen molar-refractivity contribution in [2.24, 2.45) is 0 Å². The fourth-order valence-corrected chi connectivity index (χ4v) is 3.87. The predicted octanol–water partition coefficient (Wildman–Crippen LogP) is 8.43. The van der Waals surface area contributed by atoms with Crippen LogP contribution in [0.1, 0.15) is 35.0 Å². The second kappa shape index (κ2) is 11.4. The summed E-state index contributed by atoms with van der Waals surface area (Å²) in [6, 6.07) is 33.4. The first-order valence-electron chi connectivity index (χ1n) is 13.0. The zero-order valence-electron chi connectivity index (χ0n) is 23.0. The third-order valence-corrected chi connectivity index (χ3v) is 5.79. The number of para-hydroxylation sites is 1. The summed E-state index contributed by atoms with van der Waals surface area (Å²) in [6.45, 7) is 2.28. The molecule has 3 aromatic carbocycles. The summed E-state index contributed by atoms with van der Waals surface area (Å²) in [5.74, 6) is 0.483. The molecule has 0 unspecified atom stereocenters. The van der Waals surface area contributed by atoms with Crippen LogP contribution in [-0.4, -0.2) is 9.97 Å². The molecule has 0 saturated carbocycles. The molecular formula is C32H26IrN2O-2. The Bertz CT molecular complexity index is 1680. The van der Waals surface area contributed by atoms with Gasteiger partial charge in [0.05, 0.1) is 5.58 Å². The summed E-state index contributed by atoms with van der Waals surface area (Å²) >= 11 is 0. The Morgan fingerprint density at radius 3 is 2.42 bits per heavy atom. The largest absolute Gasteiger partial charge is 0.476 e. The minimum Gasteiger partial charge on any atom is -0.476 e. The molecule has 0 amide bonds. The monoisotopic (exact) mass is 650 g/mol. The van der Waals surface area contributed by atoms with Crippen LogP contribution in [0.15, 0.2) is 102 Å².